The van der Waals surface area contributed by atoms with Crippen molar-refractivity contribution >= 4 is 23.3 Å². The lowest BCUT2D eigenvalue weighted by molar-refractivity contribution is 0.660. The lowest BCUT2D eigenvalue weighted by Crippen LogP contribution is -2.14. The molecule has 0 amide bonds. The van der Waals surface area contributed by atoms with Gasteiger partial charge in [0.2, 0.25) is 0 Å². The van der Waals surface area contributed by atoms with Crippen LogP contribution in [0.2, 0.25) is 0 Å². The van der Waals surface area contributed by atoms with Gasteiger partial charge in [0.15, 0.2) is 0 Å². The van der Waals surface area contributed by atoms with Crippen LogP contribution in [0.3, 0.4) is 0 Å². The van der Waals surface area contributed by atoms with Gasteiger partial charge in [0.1, 0.15) is 0 Å². The minimum absolute atomic E-state index is 0.112. The van der Waals surface area contributed by atoms with Gasteiger partial charge in [-0.1, -0.05) is 202 Å². The van der Waals surface area contributed by atoms with Gasteiger partial charge in [-0.15, -0.1) is 0 Å². The molecule has 280 valence electrons. The fraction of sp³-hybridized carbons (Fsp3) is 0.0909. The molecule has 0 N–H and O–H groups in total. The van der Waals surface area contributed by atoms with E-state index in [4.69, 9.17) is 4.99 Å². The third-order valence-electron chi connectivity index (χ3n) is 9.79. The highest BCUT2D eigenvalue weighted by molar-refractivity contribution is 6.12. The van der Waals surface area contributed by atoms with Gasteiger partial charge in [-0.2, -0.15) is 0 Å². The summed E-state index contributed by atoms with van der Waals surface area (Å²) in [4.78, 5) is 9.60. The van der Waals surface area contributed by atoms with Crippen LogP contribution >= 0.6 is 0 Å². The van der Waals surface area contributed by atoms with E-state index in [0.29, 0.717) is 0 Å². The lowest BCUT2D eigenvalue weighted by atomic mass is 9.82. The predicted molar refractivity (Wildman–Crippen MR) is 248 cm³/mol. The summed E-state index contributed by atoms with van der Waals surface area (Å²) >= 11 is 0. The molecule has 0 saturated carbocycles. The fourth-order valence-corrected chi connectivity index (χ4v) is 6.79. The molecule has 0 atom stereocenters. The summed E-state index contributed by atoms with van der Waals surface area (Å²) in [6.45, 7) is 8.60. The van der Waals surface area contributed by atoms with Crippen LogP contribution in [0, 0.1) is 0 Å². The van der Waals surface area contributed by atoms with Crippen LogP contribution < -0.4 is 0 Å². The van der Waals surface area contributed by atoms with Crippen LogP contribution in [0.25, 0.3) is 33.4 Å². The maximum atomic E-state index is 4.98. The van der Waals surface area contributed by atoms with Crippen molar-refractivity contribution in [1.29, 1.82) is 0 Å². The molecule has 0 aliphatic heterocycles. The molecule has 0 saturated heterocycles. The van der Waals surface area contributed by atoms with Crippen LogP contribution in [-0.4, -0.2) is 11.9 Å². The number of allylic oxidation sites excluding steroid dienone is 12. The smallest absolute Gasteiger partial charge is 0.0709 e. The number of aliphatic imine (C=N–C) groups is 2. The third-order valence-corrected chi connectivity index (χ3v) is 9.79. The highest BCUT2D eigenvalue weighted by Crippen LogP contribution is 2.50. The van der Waals surface area contributed by atoms with E-state index in [0.717, 1.165) is 22.7 Å². The van der Waals surface area contributed by atoms with Crippen molar-refractivity contribution in [3.05, 3.63) is 241 Å². The van der Waals surface area contributed by atoms with E-state index in [1.165, 1.54) is 44.5 Å². The van der Waals surface area contributed by atoms with Crippen LogP contribution in [0.15, 0.2) is 240 Å². The molecule has 0 bridgehead atoms. The predicted octanol–water partition coefficient (Wildman–Crippen LogP) is 15.2. The molecule has 0 aromatic heterocycles. The summed E-state index contributed by atoms with van der Waals surface area (Å²) in [5.41, 5.74) is 14.2. The summed E-state index contributed by atoms with van der Waals surface area (Å²) in [6.07, 6.45) is 24.2. The summed E-state index contributed by atoms with van der Waals surface area (Å²) < 4.78 is 0. The fourth-order valence-electron chi connectivity index (χ4n) is 6.79. The van der Waals surface area contributed by atoms with Crippen molar-refractivity contribution in [2.24, 2.45) is 9.98 Å². The monoisotopic (exact) mass is 738 g/mol. The van der Waals surface area contributed by atoms with Gasteiger partial charge < -0.3 is 0 Å². The van der Waals surface area contributed by atoms with Gasteiger partial charge >= 0.3 is 0 Å². The number of nitrogens with zero attached hydrogens (tertiary/aromatic N) is 2. The van der Waals surface area contributed by atoms with E-state index in [9.17, 15) is 0 Å². The van der Waals surface area contributed by atoms with Crippen LogP contribution in [0.4, 0.5) is 11.4 Å². The molecule has 0 spiro atoms. The Balaban J connectivity index is 0.000000189. The highest BCUT2D eigenvalue weighted by Gasteiger charge is 2.35. The summed E-state index contributed by atoms with van der Waals surface area (Å²) in [7, 11) is 0. The van der Waals surface area contributed by atoms with Gasteiger partial charge in [0, 0.05) is 17.2 Å². The molecule has 6 aromatic rings. The molecule has 6 aromatic carbocycles. The normalized spacial score (nSPS) is 15.2. The van der Waals surface area contributed by atoms with Crippen molar-refractivity contribution in [3.63, 3.8) is 0 Å². The van der Waals surface area contributed by atoms with E-state index in [2.05, 4.69) is 146 Å². The van der Waals surface area contributed by atoms with E-state index >= 15 is 0 Å². The Bertz CT molecular complexity index is 2370. The van der Waals surface area contributed by atoms with Gasteiger partial charge in [-0.05, 0) is 94.8 Å². The molecule has 0 unspecified atom stereocenters. The number of hydrogen-bond acceptors (Lipinski definition) is 2. The summed E-state index contributed by atoms with van der Waals surface area (Å²) in [5, 5.41) is 0. The minimum atomic E-state index is -0.112. The molecule has 2 heteroatoms. The molecule has 2 aliphatic rings. The summed E-state index contributed by atoms with van der Waals surface area (Å²) in [6, 6.07) is 54.7. The maximum absolute atomic E-state index is 4.98. The summed E-state index contributed by atoms with van der Waals surface area (Å²) in [5.74, 6) is 0. The Kier molecular flexibility index (Phi) is 14.1. The Morgan fingerprint density at radius 1 is 0.456 bits per heavy atom. The first-order valence-electron chi connectivity index (χ1n) is 19.6. The van der Waals surface area contributed by atoms with Crippen molar-refractivity contribution in [3.8, 4) is 33.4 Å². The lowest BCUT2D eigenvalue weighted by Gasteiger charge is -2.22. The first kappa shape index (κ1) is 39.8. The number of rotatable bonds is 7. The zero-order valence-electron chi connectivity index (χ0n) is 33.3. The minimum Gasteiger partial charge on any atom is -0.257 e. The Morgan fingerprint density at radius 3 is 1.47 bits per heavy atom. The van der Waals surface area contributed by atoms with Crippen molar-refractivity contribution in [2.45, 2.75) is 33.1 Å². The molecular formula is C55H50N2. The molecule has 8 rings (SSSR count). The van der Waals surface area contributed by atoms with Crippen LogP contribution in [0.1, 0.15) is 38.8 Å². The molecule has 57 heavy (non-hydrogen) atoms. The largest absolute Gasteiger partial charge is 0.257 e. The second-order valence-electron chi connectivity index (χ2n) is 14.1. The third kappa shape index (κ3) is 10.7. The van der Waals surface area contributed by atoms with Crippen LogP contribution in [-0.2, 0) is 5.41 Å². The topological polar surface area (TPSA) is 24.7 Å². The average Bonchev–Trinajstić information content (AvgIpc) is 3.49. The van der Waals surface area contributed by atoms with Gasteiger partial charge in [-0.3, -0.25) is 4.99 Å². The zero-order valence-corrected chi connectivity index (χ0v) is 33.3. The molecule has 2 nitrogen and oxygen atoms in total. The van der Waals surface area contributed by atoms with E-state index in [-0.39, 0.29) is 5.41 Å². The van der Waals surface area contributed by atoms with Crippen molar-refractivity contribution in [2.75, 3.05) is 0 Å². The van der Waals surface area contributed by atoms with E-state index in [1.807, 2.05) is 117 Å². The Hall–Kier alpha value is -6.90. The number of benzene rings is 6. The molecule has 0 radical (unpaired) electrons. The average molecular weight is 739 g/mol. The van der Waals surface area contributed by atoms with Crippen molar-refractivity contribution < 1.29 is 0 Å². The molecular weight excluding hydrogens is 689 g/mol. The standard InChI is InChI=1S/C31H30N2.C18H14.C6H6/c1-5-7-9-12-20-32-24-16-18-26-27-19-17-25(22-29(27)31(3,4)28(26)21-24)33-30-15-11-10-14-23(30)13-8-6-2;1-3-7-15(8-4-1)17-11-13-18(14-12-17)16-9-5-2-6-10-16;1-2-4-6-5-3-1/h5-22H,1-4H3;1-14H;1-6H/b7-5-,8-6-,12-9-,23-13-,32-20?,33-30?;;. The van der Waals surface area contributed by atoms with Gasteiger partial charge in [0.25, 0.3) is 0 Å². The van der Waals surface area contributed by atoms with Gasteiger partial charge in [0.05, 0.1) is 17.1 Å². The van der Waals surface area contributed by atoms with Gasteiger partial charge in [-0.25, -0.2) is 4.99 Å². The second kappa shape index (κ2) is 20.1. The SMILES string of the molecule is C/C=C\C=C/C=Nc1ccc2c(c1)C(C)(C)c1cc(N=C3C=CC=C/C3=C/C=C\C)ccc1-2.c1ccc(-c2ccc(-c3ccccc3)cc2)cc1.c1ccccc1. The highest BCUT2D eigenvalue weighted by atomic mass is 14.7. The van der Waals surface area contributed by atoms with E-state index in [1.54, 1.807) is 0 Å². The van der Waals surface area contributed by atoms with Crippen LogP contribution in [0.5, 0.6) is 0 Å². The quantitative estimate of drug-likeness (QED) is 0.115. The Morgan fingerprint density at radius 2 is 0.930 bits per heavy atom. The second-order valence-corrected chi connectivity index (χ2v) is 14.1. The number of fused-ring (bicyclic) bond motifs is 3. The van der Waals surface area contributed by atoms with Crippen molar-refractivity contribution in [1.82, 2.24) is 0 Å². The number of hydrogen-bond donors (Lipinski definition) is 0. The molecule has 2 aliphatic carbocycles. The van der Waals surface area contributed by atoms with E-state index < -0.39 is 0 Å². The molecule has 0 heterocycles. The first-order valence-corrected chi connectivity index (χ1v) is 19.6. The maximum Gasteiger partial charge on any atom is 0.0709 e. The zero-order chi connectivity index (χ0) is 39.7. The molecule has 0 fully saturated rings. The first-order chi connectivity index (χ1) is 28.0. The Labute approximate surface area is 339 Å².